The van der Waals surface area contributed by atoms with Gasteiger partial charge in [0.2, 0.25) is 5.82 Å². The Labute approximate surface area is 177 Å². The van der Waals surface area contributed by atoms with Gasteiger partial charge in [0.05, 0.1) is 15.7 Å². The van der Waals surface area contributed by atoms with Crippen molar-refractivity contribution >= 4 is 40.7 Å². The molecule has 28 heavy (non-hydrogen) atoms. The second kappa shape index (κ2) is 9.39. The van der Waals surface area contributed by atoms with Gasteiger partial charge in [-0.2, -0.15) is 0 Å². The number of benzene rings is 2. The average Bonchev–Trinajstić information content (AvgIpc) is 3.13. The fourth-order valence-corrected chi connectivity index (χ4v) is 2.91. The van der Waals surface area contributed by atoms with Crippen molar-refractivity contribution in [3.05, 3.63) is 63.4 Å². The highest BCUT2D eigenvalue weighted by atomic mass is 35.5. The van der Waals surface area contributed by atoms with E-state index in [-0.39, 0.29) is 11.7 Å². The van der Waals surface area contributed by atoms with Crippen molar-refractivity contribution < 1.29 is 9.53 Å². The van der Waals surface area contributed by atoms with E-state index < -0.39 is 0 Å². The van der Waals surface area contributed by atoms with Gasteiger partial charge in [-0.15, -0.1) is 5.10 Å². The summed E-state index contributed by atoms with van der Waals surface area (Å²) < 4.78 is 6.53. The molecule has 0 unspecified atom stereocenters. The van der Waals surface area contributed by atoms with Crippen molar-refractivity contribution in [3.8, 4) is 17.1 Å². The SMILES string of the molecule is COCCCNC(=O)c1nc(-c2ccc(Cl)cc2)n(-c2ccc(Cl)c(Cl)c2)n1. The summed E-state index contributed by atoms with van der Waals surface area (Å²) in [5, 5.41) is 8.56. The molecule has 0 saturated heterocycles. The topological polar surface area (TPSA) is 69.0 Å². The molecule has 0 radical (unpaired) electrons. The molecule has 3 rings (SSSR count). The zero-order valence-corrected chi connectivity index (χ0v) is 17.2. The summed E-state index contributed by atoms with van der Waals surface area (Å²) in [4.78, 5) is 16.9. The largest absolute Gasteiger partial charge is 0.385 e. The monoisotopic (exact) mass is 438 g/mol. The molecule has 0 spiro atoms. The maximum atomic E-state index is 12.5. The number of carbonyl (C=O) groups excluding carboxylic acids is 1. The van der Waals surface area contributed by atoms with Crippen molar-refractivity contribution in [3.63, 3.8) is 0 Å². The summed E-state index contributed by atoms with van der Waals surface area (Å²) in [5.74, 6) is 0.163. The minimum atomic E-state index is -0.370. The van der Waals surface area contributed by atoms with Gasteiger partial charge in [0.25, 0.3) is 5.91 Å². The third kappa shape index (κ3) is 4.83. The van der Waals surface area contributed by atoms with Crippen molar-refractivity contribution in [1.29, 1.82) is 0 Å². The van der Waals surface area contributed by atoms with Crippen LogP contribution < -0.4 is 5.32 Å². The predicted octanol–water partition coefficient (Wildman–Crippen LogP) is 4.66. The van der Waals surface area contributed by atoms with Gasteiger partial charge in [-0.25, -0.2) is 9.67 Å². The normalized spacial score (nSPS) is 10.9. The van der Waals surface area contributed by atoms with E-state index in [0.29, 0.717) is 46.2 Å². The van der Waals surface area contributed by atoms with Crippen molar-refractivity contribution in [2.75, 3.05) is 20.3 Å². The Bertz CT molecular complexity index is 974. The molecule has 9 heteroatoms. The first-order chi connectivity index (χ1) is 13.5. The van der Waals surface area contributed by atoms with Crippen LogP contribution in [0, 0.1) is 0 Å². The van der Waals surface area contributed by atoms with Gasteiger partial charge in [-0.3, -0.25) is 4.79 Å². The smallest absolute Gasteiger partial charge is 0.290 e. The fraction of sp³-hybridized carbons (Fsp3) is 0.211. The van der Waals surface area contributed by atoms with Gasteiger partial charge in [0, 0.05) is 30.8 Å². The lowest BCUT2D eigenvalue weighted by Gasteiger charge is -2.07. The van der Waals surface area contributed by atoms with E-state index in [0.717, 1.165) is 5.56 Å². The van der Waals surface area contributed by atoms with Gasteiger partial charge in [-0.05, 0) is 48.9 Å². The third-order valence-electron chi connectivity index (χ3n) is 3.87. The predicted molar refractivity (Wildman–Crippen MR) is 111 cm³/mol. The van der Waals surface area contributed by atoms with E-state index >= 15 is 0 Å². The summed E-state index contributed by atoms with van der Waals surface area (Å²) >= 11 is 18.1. The molecule has 0 aliphatic rings. The summed E-state index contributed by atoms with van der Waals surface area (Å²) in [7, 11) is 1.61. The molecular formula is C19H17Cl3N4O2. The van der Waals surface area contributed by atoms with E-state index in [4.69, 9.17) is 39.5 Å². The number of ether oxygens (including phenoxy) is 1. The molecule has 6 nitrogen and oxygen atoms in total. The molecule has 0 atom stereocenters. The van der Waals surface area contributed by atoms with Crippen molar-refractivity contribution in [1.82, 2.24) is 20.1 Å². The van der Waals surface area contributed by atoms with E-state index in [2.05, 4.69) is 15.4 Å². The lowest BCUT2D eigenvalue weighted by Crippen LogP contribution is -2.26. The van der Waals surface area contributed by atoms with Crippen LogP contribution in [0.25, 0.3) is 17.1 Å². The highest BCUT2D eigenvalue weighted by Crippen LogP contribution is 2.27. The number of methoxy groups -OCH3 is 1. The number of aromatic nitrogens is 3. The Morgan fingerprint density at radius 1 is 1.11 bits per heavy atom. The zero-order valence-electron chi connectivity index (χ0n) is 15.0. The van der Waals surface area contributed by atoms with Gasteiger partial charge in [0.15, 0.2) is 5.82 Å². The molecule has 0 fully saturated rings. The van der Waals surface area contributed by atoms with E-state index in [1.165, 1.54) is 0 Å². The minimum Gasteiger partial charge on any atom is -0.385 e. The highest BCUT2D eigenvalue weighted by molar-refractivity contribution is 6.42. The van der Waals surface area contributed by atoms with Gasteiger partial charge >= 0.3 is 0 Å². The van der Waals surface area contributed by atoms with Crippen LogP contribution in [0.4, 0.5) is 0 Å². The maximum absolute atomic E-state index is 12.5. The number of nitrogens with one attached hydrogen (secondary N) is 1. The Morgan fingerprint density at radius 2 is 1.86 bits per heavy atom. The number of rotatable bonds is 7. The number of nitrogens with zero attached hydrogens (tertiary/aromatic N) is 3. The van der Waals surface area contributed by atoms with E-state index in [9.17, 15) is 4.79 Å². The van der Waals surface area contributed by atoms with Crippen LogP contribution in [-0.4, -0.2) is 40.9 Å². The fourth-order valence-electron chi connectivity index (χ4n) is 2.49. The Kier molecular flexibility index (Phi) is 6.91. The first-order valence-electron chi connectivity index (χ1n) is 8.45. The quantitative estimate of drug-likeness (QED) is 0.544. The molecular weight excluding hydrogens is 423 g/mol. The molecule has 3 aromatic rings. The third-order valence-corrected chi connectivity index (χ3v) is 4.86. The number of amides is 1. The Hall–Kier alpha value is -2.12. The summed E-state index contributed by atoms with van der Waals surface area (Å²) in [6, 6.07) is 12.2. The number of halogens is 3. The molecule has 1 aromatic heterocycles. The van der Waals surface area contributed by atoms with E-state index in [1.54, 1.807) is 54.3 Å². The Morgan fingerprint density at radius 3 is 2.54 bits per heavy atom. The molecule has 1 amide bonds. The van der Waals surface area contributed by atoms with Crippen LogP contribution in [-0.2, 0) is 4.74 Å². The molecule has 0 aliphatic carbocycles. The average molecular weight is 440 g/mol. The number of hydrogen-bond donors (Lipinski definition) is 1. The molecule has 2 aromatic carbocycles. The first-order valence-corrected chi connectivity index (χ1v) is 9.58. The van der Waals surface area contributed by atoms with Crippen molar-refractivity contribution in [2.45, 2.75) is 6.42 Å². The summed E-state index contributed by atoms with van der Waals surface area (Å²) in [6.45, 7) is 1.02. The van der Waals surface area contributed by atoms with Crippen LogP contribution in [0.1, 0.15) is 17.0 Å². The van der Waals surface area contributed by atoms with Gasteiger partial charge in [-0.1, -0.05) is 34.8 Å². The molecule has 0 bridgehead atoms. The Balaban J connectivity index is 1.98. The van der Waals surface area contributed by atoms with Crippen LogP contribution in [0.3, 0.4) is 0 Å². The van der Waals surface area contributed by atoms with Gasteiger partial charge < -0.3 is 10.1 Å². The van der Waals surface area contributed by atoms with Crippen LogP contribution in [0.15, 0.2) is 42.5 Å². The second-order valence-electron chi connectivity index (χ2n) is 5.88. The molecule has 1 N–H and O–H groups in total. The molecule has 146 valence electrons. The minimum absolute atomic E-state index is 0.0495. The molecule has 0 aliphatic heterocycles. The van der Waals surface area contributed by atoms with E-state index in [1.807, 2.05) is 0 Å². The molecule has 1 heterocycles. The summed E-state index contributed by atoms with van der Waals surface area (Å²) in [5.41, 5.74) is 1.38. The number of carbonyl (C=O) groups is 1. The maximum Gasteiger partial charge on any atom is 0.290 e. The standard InChI is InChI=1S/C19H17Cl3N4O2/c1-28-10-2-9-23-19(27)17-24-18(12-3-5-13(20)6-4-12)26(25-17)14-7-8-15(21)16(22)11-14/h3-8,11H,2,9-10H2,1H3,(H,23,27). The van der Waals surface area contributed by atoms with Crippen LogP contribution in [0.2, 0.25) is 15.1 Å². The van der Waals surface area contributed by atoms with Crippen LogP contribution >= 0.6 is 34.8 Å². The van der Waals surface area contributed by atoms with Crippen molar-refractivity contribution in [2.24, 2.45) is 0 Å². The highest BCUT2D eigenvalue weighted by Gasteiger charge is 2.19. The summed E-state index contributed by atoms with van der Waals surface area (Å²) in [6.07, 6.45) is 0.694. The lowest BCUT2D eigenvalue weighted by atomic mass is 10.2. The lowest BCUT2D eigenvalue weighted by molar-refractivity contribution is 0.0938. The molecule has 0 saturated carbocycles. The number of hydrogen-bond acceptors (Lipinski definition) is 4. The second-order valence-corrected chi connectivity index (χ2v) is 7.13. The zero-order chi connectivity index (χ0) is 20.1. The first kappa shape index (κ1) is 20.6. The van der Waals surface area contributed by atoms with Gasteiger partial charge in [0.1, 0.15) is 0 Å². The van der Waals surface area contributed by atoms with Crippen LogP contribution in [0.5, 0.6) is 0 Å².